The van der Waals surface area contributed by atoms with Gasteiger partial charge in [0.1, 0.15) is 17.9 Å². The van der Waals surface area contributed by atoms with Crippen molar-refractivity contribution in [2.24, 2.45) is 16.5 Å². The summed E-state index contributed by atoms with van der Waals surface area (Å²) >= 11 is 0. The summed E-state index contributed by atoms with van der Waals surface area (Å²) in [4.78, 5) is 13.2. The van der Waals surface area contributed by atoms with Crippen LogP contribution in [-0.4, -0.2) is 29.3 Å². The van der Waals surface area contributed by atoms with Crippen molar-refractivity contribution in [2.45, 2.75) is 20.3 Å². The second-order valence-corrected chi connectivity index (χ2v) is 6.93. The monoisotopic (exact) mass is 445 g/mol. The van der Waals surface area contributed by atoms with Crippen LogP contribution < -0.4 is 11.5 Å². The Balaban J connectivity index is 0.00000149. The molecule has 0 atom stereocenters. The number of hydrogen-bond donors (Lipinski definition) is 2. The highest BCUT2D eigenvalue weighted by atomic mass is 19.1. The first-order valence-electron chi connectivity index (χ1n) is 10.9. The van der Waals surface area contributed by atoms with Crippen molar-refractivity contribution < 1.29 is 8.81 Å². The van der Waals surface area contributed by atoms with Crippen molar-refractivity contribution in [3.05, 3.63) is 84.1 Å². The molecule has 4 N–H and O–H groups in total. The molecule has 4 aromatic rings. The van der Waals surface area contributed by atoms with Gasteiger partial charge < -0.3 is 15.9 Å². The summed E-state index contributed by atoms with van der Waals surface area (Å²) in [6.45, 7) is 5.11. The Morgan fingerprint density at radius 3 is 2.48 bits per heavy atom. The zero-order valence-electron chi connectivity index (χ0n) is 18.8. The average Bonchev–Trinajstić information content (AvgIpc) is 3.31. The molecule has 6 nitrogen and oxygen atoms in total. The van der Waals surface area contributed by atoms with E-state index in [-0.39, 0.29) is 5.82 Å². The number of fused-ring (bicyclic) bond motifs is 1. The van der Waals surface area contributed by atoms with E-state index in [1.165, 1.54) is 18.5 Å². The van der Waals surface area contributed by atoms with E-state index in [1.54, 1.807) is 18.3 Å². The molecule has 0 aliphatic carbocycles. The van der Waals surface area contributed by atoms with Crippen LogP contribution in [0.15, 0.2) is 76.4 Å². The number of benzene rings is 2. The van der Waals surface area contributed by atoms with Gasteiger partial charge in [-0.05, 0) is 48.9 Å². The number of aromatic nitrogens is 2. The van der Waals surface area contributed by atoms with Crippen LogP contribution in [0, 0.1) is 5.82 Å². The quantitative estimate of drug-likeness (QED) is 0.297. The highest BCUT2D eigenvalue weighted by Gasteiger charge is 2.17. The molecule has 0 aliphatic heterocycles. The number of nitrogens with zero attached hydrogens (tertiary/aromatic N) is 3. The fraction of sp³-hybridized carbons (Fsp3) is 0.192. The predicted molar refractivity (Wildman–Crippen MR) is 133 cm³/mol. The van der Waals surface area contributed by atoms with E-state index in [0.717, 1.165) is 12.0 Å². The number of furan rings is 1. The Hall–Kier alpha value is -3.84. The number of halogens is 1. The van der Waals surface area contributed by atoms with E-state index in [4.69, 9.17) is 15.9 Å². The fourth-order valence-electron chi connectivity index (χ4n) is 3.20. The molecule has 2 aromatic carbocycles. The number of nitrogens with two attached hydrogens (primary N) is 2. The van der Waals surface area contributed by atoms with Crippen LogP contribution in [0.25, 0.3) is 33.7 Å². The average molecular weight is 446 g/mol. The SMILES string of the molecule is CC.NCCCN=C/C(=C(\N)c1ccc(F)cc1)c1ncnc2oc(-c3ccccc3)cc12. The Morgan fingerprint density at radius 2 is 1.79 bits per heavy atom. The summed E-state index contributed by atoms with van der Waals surface area (Å²) in [6.07, 6.45) is 3.87. The van der Waals surface area contributed by atoms with Crippen LogP contribution in [0.1, 0.15) is 31.5 Å². The van der Waals surface area contributed by atoms with E-state index in [1.807, 2.05) is 50.2 Å². The van der Waals surface area contributed by atoms with E-state index in [0.29, 0.717) is 52.5 Å². The predicted octanol–water partition coefficient (Wildman–Crippen LogP) is 5.30. The number of allylic oxidation sites excluding steroid dienone is 1. The summed E-state index contributed by atoms with van der Waals surface area (Å²) < 4.78 is 19.4. The van der Waals surface area contributed by atoms with E-state index in [2.05, 4.69) is 15.0 Å². The molecule has 0 bridgehead atoms. The molecule has 0 radical (unpaired) electrons. The lowest BCUT2D eigenvalue weighted by atomic mass is 10.0. The van der Waals surface area contributed by atoms with Crippen molar-refractivity contribution in [1.82, 2.24) is 9.97 Å². The van der Waals surface area contributed by atoms with E-state index >= 15 is 0 Å². The van der Waals surface area contributed by atoms with Crippen LogP contribution in [0.4, 0.5) is 4.39 Å². The minimum atomic E-state index is -0.332. The molecule has 0 fully saturated rings. The van der Waals surface area contributed by atoms with Gasteiger partial charge in [-0.15, -0.1) is 0 Å². The van der Waals surface area contributed by atoms with Crippen LogP contribution in [0.5, 0.6) is 0 Å². The van der Waals surface area contributed by atoms with Crippen LogP contribution >= 0.6 is 0 Å². The molecule has 0 aliphatic rings. The first kappa shape index (κ1) is 23.8. The first-order valence-corrected chi connectivity index (χ1v) is 10.9. The number of hydrogen-bond acceptors (Lipinski definition) is 6. The van der Waals surface area contributed by atoms with Crippen LogP contribution in [-0.2, 0) is 0 Å². The maximum Gasteiger partial charge on any atom is 0.230 e. The molecule has 2 aromatic heterocycles. The zero-order valence-corrected chi connectivity index (χ0v) is 18.8. The van der Waals surface area contributed by atoms with Crippen molar-refractivity contribution in [3.63, 3.8) is 0 Å². The zero-order chi connectivity index (χ0) is 23.6. The molecule has 7 heteroatoms. The molecule has 33 heavy (non-hydrogen) atoms. The Morgan fingerprint density at radius 1 is 1.06 bits per heavy atom. The first-order chi connectivity index (χ1) is 16.2. The highest BCUT2D eigenvalue weighted by molar-refractivity contribution is 6.21. The molecule has 0 spiro atoms. The third-order valence-electron chi connectivity index (χ3n) is 4.80. The normalized spacial score (nSPS) is 11.9. The molecule has 4 rings (SSSR count). The van der Waals surface area contributed by atoms with Gasteiger partial charge >= 0.3 is 0 Å². The van der Waals surface area contributed by atoms with Crippen molar-refractivity contribution in [2.75, 3.05) is 13.1 Å². The summed E-state index contributed by atoms with van der Waals surface area (Å²) in [5.74, 6) is 0.346. The fourth-order valence-corrected chi connectivity index (χ4v) is 3.20. The van der Waals surface area contributed by atoms with Gasteiger partial charge in [0, 0.05) is 29.6 Å². The summed E-state index contributed by atoms with van der Waals surface area (Å²) in [5, 5.41) is 0.715. The largest absolute Gasteiger partial charge is 0.438 e. The lowest BCUT2D eigenvalue weighted by Gasteiger charge is -2.09. The van der Waals surface area contributed by atoms with Crippen molar-refractivity contribution in [1.29, 1.82) is 0 Å². The van der Waals surface area contributed by atoms with Gasteiger partial charge in [-0.1, -0.05) is 44.2 Å². The maximum atomic E-state index is 13.4. The van der Waals surface area contributed by atoms with Crippen LogP contribution in [0.2, 0.25) is 0 Å². The van der Waals surface area contributed by atoms with Gasteiger partial charge in [-0.2, -0.15) is 0 Å². The summed E-state index contributed by atoms with van der Waals surface area (Å²) in [5.41, 5.74) is 15.7. The van der Waals surface area contributed by atoms with Gasteiger partial charge in [0.25, 0.3) is 0 Å². The minimum absolute atomic E-state index is 0.332. The third kappa shape index (κ3) is 5.70. The number of aliphatic imine (C=N–C) groups is 1. The highest BCUT2D eigenvalue weighted by Crippen LogP contribution is 2.31. The molecule has 170 valence electrons. The molecule has 0 saturated carbocycles. The van der Waals surface area contributed by atoms with Crippen molar-refractivity contribution in [3.8, 4) is 11.3 Å². The van der Waals surface area contributed by atoms with Crippen LogP contribution in [0.3, 0.4) is 0 Å². The lowest BCUT2D eigenvalue weighted by molar-refractivity contribution is 0.617. The van der Waals surface area contributed by atoms with Gasteiger partial charge in [0.2, 0.25) is 5.71 Å². The van der Waals surface area contributed by atoms with Gasteiger partial charge in [-0.25, -0.2) is 14.4 Å². The summed E-state index contributed by atoms with van der Waals surface area (Å²) in [6, 6.07) is 17.6. The van der Waals surface area contributed by atoms with Gasteiger partial charge in [0.05, 0.1) is 11.1 Å². The van der Waals surface area contributed by atoms with E-state index in [9.17, 15) is 4.39 Å². The number of rotatable bonds is 7. The lowest BCUT2D eigenvalue weighted by Crippen LogP contribution is -2.06. The molecular formula is C26H28FN5O. The third-order valence-corrected chi connectivity index (χ3v) is 4.80. The molecule has 2 heterocycles. The molecule has 0 unspecified atom stereocenters. The van der Waals surface area contributed by atoms with E-state index < -0.39 is 0 Å². The topological polar surface area (TPSA) is 103 Å². The van der Waals surface area contributed by atoms with Crippen molar-refractivity contribution >= 4 is 28.6 Å². The standard InChI is InChI=1S/C24H22FN5O.C2H6/c25-18-9-7-17(8-10-18)22(27)20(14-28-12-4-11-26)23-19-13-21(16-5-2-1-3-6-16)31-24(19)30-15-29-23;1-2/h1-3,5-10,13-15H,4,11-12,26-27H2;1-2H3/b22-20+,28-14?;. The molecular weight excluding hydrogens is 417 g/mol. The molecule has 0 saturated heterocycles. The second-order valence-electron chi connectivity index (χ2n) is 6.93. The molecule has 0 amide bonds. The minimum Gasteiger partial charge on any atom is -0.438 e. The second kappa shape index (κ2) is 11.7. The van der Waals surface area contributed by atoms with Gasteiger partial charge in [-0.3, -0.25) is 4.99 Å². The Kier molecular flexibility index (Phi) is 8.43. The summed E-state index contributed by atoms with van der Waals surface area (Å²) in [7, 11) is 0. The van der Waals surface area contributed by atoms with Gasteiger partial charge in [0.15, 0.2) is 0 Å². The Labute approximate surface area is 192 Å². The Bertz CT molecular complexity index is 1230. The maximum absolute atomic E-state index is 13.4. The smallest absolute Gasteiger partial charge is 0.230 e.